The second kappa shape index (κ2) is 13.0. The molecule has 12 rings (SSSR count). The lowest BCUT2D eigenvalue weighted by molar-refractivity contribution is 1.18. The Hall–Kier alpha value is -6.98. The Labute approximate surface area is 341 Å². The van der Waals surface area contributed by atoms with Gasteiger partial charge in [-0.2, -0.15) is 0 Å². The van der Waals surface area contributed by atoms with Gasteiger partial charge in [0.1, 0.15) is 0 Å². The predicted octanol–water partition coefficient (Wildman–Crippen LogP) is 11.6. The van der Waals surface area contributed by atoms with Crippen LogP contribution in [0.1, 0.15) is 0 Å². The van der Waals surface area contributed by atoms with E-state index in [4.69, 9.17) is 0 Å². The van der Waals surface area contributed by atoms with Gasteiger partial charge in [0.2, 0.25) is 0 Å². The quantitative estimate of drug-likeness (QED) is 0.118. The van der Waals surface area contributed by atoms with Gasteiger partial charge in [0.25, 0.3) is 0 Å². The molecule has 0 fully saturated rings. The van der Waals surface area contributed by atoms with E-state index in [0.717, 1.165) is 0 Å². The first-order valence-electron chi connectivity index (χ1n) is 19.9. The predicted molar refractivity (Wildman–Crippen MR) is 252 cm³/mol. The Morgan fingerprint density at radius 3 is 1.55 bits per heavy atom. The molecule has 0 atom stereocenters. The van der Waals surface area contributed by atoms with Crippen molar-refractivity contribution in [3.05, 3.63) is 218 Å². The molecule has 4 heteroatoms. The fraction of sp³-hybridized carbons (Fsp3) is 0. The molecule has 58 heavy (non-hydrogen) atoms. The molecule has 0 aliphatic heterocycles. The van der Waals surface area contributed by atoms with Crippen LogP contribution in [-0.4, -0.2) is 17.2 Å². The Morgan fingerprint density at radius 2 is 0.810 bits per heavy atom. The minimum absolute atomic E-state index is 1.17. The third-order valence-corrected chi connectivity index (χ3v) is 18.1. The molecule has 0 bridgehead atoms. The van der Waals surface area contributed by atoms with Crippen LogP contribution in [0.25, 0.3) is 75.2 Å². The molecule has 272 valence electrons. The van der Waals surface area contributed by atoms with Gasteiger partial charge in [0.15, 0.2) is 8.07 Å². The Balaban J connectivity index is 1.17. The molecule has 3 heterocycles. The van der Waals surface area contributed by atoms with Crippen LogP contribution in [0.15, 0.2) is 218 Å². The van der Waals surface area contributed by atoms with E-state index in [9.17, 15) is 0 Å². The van der Waals surface area contributed by atoms with Crippen LogP contribution >= 0.6 is 11.3 Å². The number of aromatic nitrogens is 2. The van der Waals surface area contributed by atoms with Crippen LogP contribution in [0.5, 0.6) is 0 Å². The zero-order valence-corrected chi connectivity index (χ0v) is 33.4. The second-order valence-electron chi connectivity index (χ2n) is 15.2. The molecule has 0 aliphatic rings. The highest BCUT2D eigenvalue weighted by Gasteiger charge is 2.42. The fourth-order valence-electron chi connectivity index (χ4n) is 9.87. The highest BCUT2D eigenvalue weighted by atomic mass is 32.1. The van der Waals surface area contributed by atoms with Crippen molar-refractivity contribution < 1.29 is 0 Å². The van der Waals surface area contributed by atoms with Crippen LogP contribution in [0.2, 0.25) is 0 Å². The number of thiophene rings is 1. The first-order chi connectivity index (χ1) is 28.8. The van der Waals surface area contributed by atoms with E-state index in [2.05, 4.69) is 228 Å². The van der Waals surface area contributed by atoms with Crippen LogP contribution in [-0.2, 0) is 0 Å². The van der Waals surface area contributed by atoms with Gasteiger partial charge < -0.3 is 9.13 Å². The summed E-state index contributed by atoms with van der Waals surface area (Å²) in [5.74, 6) is 0. The topological polar surface area (TPSA) is 9.86 Å². The van der Waals surface area contributed by atoms with Gasteiger partial charge in [0.05, 0.1) is 22.1 Å². The van der Waals surface area contributed by atoms with E-state index in [0.29, 0.717) is 0 Å². The summed E-state index contributed by atoms with van der Waals surface area (Å²) in [5, 5.41) is 13.2. The van der Waals surface area contributed by atoms with Crippen LogP contribution in [0.3, 0.4) is 0 Å². The Kier molecular flexibility index (Phi) is 7.46. The molecule has 9 aromatic carbocycles. The van der Waals surface area contributed by atoms with Crippen molar-refractivity contribution in [1.29, 1.82) is 0 Å². The minimum Gasteiger partial charge on any atom is -0.309 e. The molecule has 0 spiro atoms. The minimum atomic E-state index is -2.94. The molecule has 3 aromatic heterocycles. The van der Waals surface area contributed by atoms with Gasteiger partial charge in [-0.1, -0.05) is 158 Å². The lowest BCUT2D eigenvalue weighted by Gasteiger charge is -2.35. The van der Waals surface area contributed by atoms with E-state index in [1.54, 1.807) is 0 Å². The number of hydrogen-bond donors (Lipinski definition) is 0. The summed E-state index contributed by atoms with van der Waals surface area (Å²) in [6.45, 7) is 0. The van der Waals surface area contributed by atoms with Gasteiger partial charge >= 0.3 is 0 Å². The van der Waals surface area contributed by atoms with E-state index in [1.165, 1.54) is 95.9 Å². The summed E-state index contributed by atoms with van der Waals surface area (Å²) < 4.78 is 7.58. The number of hydrogen-bond acceptors (Lipinski definition) is 1. The maximum absolute atomic E-state index is 2.94. The van der Waals surface area contributed by atoms with Gasteiger partial charge in [-0.25, -0.2) is 0 Å². The monoisotopic (exact) mass is 772 g/mol. The third kappa shape index (κ3) is 4.76. The molecular weight excluding hydrogens is 737 g/mol. The summed E-state index contributed by atoms with van der Waals surface area (Å²) in [4.78, 5) is 0. The van der Waals surface area contributed by atoms with Crippen LogP contribution < -0.4 is 20.7 Å². The average Bonchev–Trinajstić information content (AvgIpc) is 3.95. The van der Waals surface area contributed by atoms with Crippen molar-refractivity contribution >= 4 is 104 Å². The first kappa shape index (κ1) is 33.2. The molecule has 0 aliphatic carbocycles. The average molecular weight is 773 g/mol. The second-order valence-corrected chi connectivity index (χ2v) is 20.1. The zero-order chi connectivity index (χ0) is 38.2. The largest absolute Gasteiger partial charge is 0.309 e. The molecule has 0 saturated heterocycles. The number of benzene rings is 9. The Morgan fingerprint density at radius 1 is 0.293 bits per heavy atom. The number of fused-ring (bicyclic) bond motifs is 10. The maximum atomic E-state index is 2.52. The number of rotatable bonds is 6. The molecule has 0 unspecified atom stereocenters. The standard InChI is InChI=1S/C54H36N2SSi/c1-4-17-37(18-5-1)55-47-28-13-10-25-43(47)46-36-42(31-32-49(46)55)58(39-20-6-2-7-21-39,40-22-8-3-9-23-40)41-24-16-19-38(35-41)56-48-29-14-11-26-44(48)53-50(56)33-34-52-54(53)45-27-12-15-30-51(45)57-52/h1-36H. The zero-order valence-electron chi connectivity index (χ0n) is 31.6. The van der Waals surface area contributed by atoms with Crippen molar-refractivity contribution in [3.8, 4) is 11.4 Å². The van der Waals surface area contributed by atoms with Gasteiger partial charge in [0, 0.05) is 53.1 Å². The molecule has 2 nitrogen and oxygen atoms in total. The number of para-hydroxylation sites is 3. The van der Waals surface area contributed by atoms with Crippen LogP contribution in [0, 0.1) is 0 Å². The van der Waals surface area contributed by atoms with Crippen molar-refractivity contribution in [3.63, 3.8) is 0 Å². The fourth-order valence-corrected chi connectivity index (χ4v) is 15.8. The molecule has 12 aromatic rings. The van der Waals surface area contributed by atoms with Crippen molar-refractivity contribution in [2.24, 2.45) is 0 Å². The molecule has 0 N–H and O–H groups in total. The highest BCUT2D eigenvalue weighted by molar-refractivity contribution is 7.26. The van der Waals surface area contributed by atoms with Gasteiger partial charge in [-0.05, 0) is 81.4 Å². The molecule has 0 radical (unpaired) electrons. The summed E-state index contributed by atoms with van der Waals surface area (Å²) in [5.41, 5.74) is 7.23. The van der Waals surface area contributed by atoms with Gasteiger partial charge in [-0.3, -0.25) is 0 Å². The highest BCUT2D eigenvalue weighted by Crippen LogP contribution is 2.43. The van der Waals surface area contributed by atoms with E-state index in [-0.39, 0.29) is 0 Å². The summed E-state index contributed by atoms with van der Waals surface area (Å²) in [6.07, 6.45) is 0. The molecular formula is C54H36N2SSi. The summed E-state index contributed by atoms with van der Waals surface area (Å²) >= 11 is 1.89. The SMILES string of the molecule is c1ccc(-n2c3ccccc3c3cc([Si](c4ccccc4)(c4ccccc4)c4cccc(-n5c6ccccc6c6c7c(ccc65)sc5ccccc57)c4)ccc32)cc1. The number of nitrogens with zero attached hydrogens (tertiary/aromatic N) is 2. The smallest absolute Gasteiger partial charge is 0.179 e. The van der Waals surface area contributed by atoms with Gasteiger partial charge in [-0.15, -0.1) is 11.3 Å². The summed E-state index contributed by atoms with van der Waals surface area (Å²) in [6, 6.07) is 81.5. The van der Waals surface area contributed by atoms with E-state index >= 15 is 0 Å². The van der Waals surface area contributed by atoms with Crippen molar-refractivity contribution in [2.75, 3.05) is 0 Å². The van der Waals surface area contributed by atoms with Crippen LogP contribution in [0.4, 0.5) is 0 Å². The summed E-state index contributed by atoms with van der Waals surface area (Å²) in [7, 11) is -2.94. The normalized spacial score (nSPS) is 12.1. The molecule has 0 saturated carbocycles. The lowest BCUT2D eigenvalue weighted by Crippen LogP contribution is -2.74. The lowest BCUT2D eigenvalue weighted by atomic mass is 10.1. The first-order valence-corrected chi connectivity index (χ1v) is 22.8. The Bertz CT molecular complexity index is 3470. The third-order valence-electron chi connectivity index (χ3n) is 12.2. The maximum Gasteiger partial charge on any atom is 0.179 e. The van der Waals surface area contributed by atoms with E-state index in [1.807, 2.05) is 11.3 Å². The van der Waals surface area contributed by atoms with Crippen molar-refractivity contribution in [2.45, 2.75) is 0 Å². The van der Waals surface area contributed by atoms with E-state index < -0.39 is 8.07 Å². The van der Waals surface area contributed by atoms with Crippen molar-refractivity contribution in [1.82, 2.24) is 9.13 Å². The molecule has 0 amide bonds.